The van der Waals surface area contributed by atoms with Gasteiger partial charge in [-0.3, -0.25) is 4.79 Å². The zero-order valence-corrected chi connectivity index (χ0v) is 10.6. The van der Waals surface area contributed by atoms with E-state index >= 15 is 0 Å². The van der Waals surface area contributed by atoms with Crippen LogP contribution < -0.4 is 10.0 Å². The molecule has 3 aliphatic heterocycles. The molecule has 0 unspecified atom stereocenters. The van der Waals surface area contributed by atoms with Crippen LogP contribution in [0.1, 0.15) is 5.76 Å². The van der Waals surface area contributed by atoms with Crippen molar-refractivity contribution in [2.75, 3.05) is 11.4 Å². The molecule has 2 bridgehead atoms. The van der Waals surface area contributed by atoms with Gasteiger partial charge in [0.15, 0.2) is 5.76 Å². The van der Waals surface area contributed by atoms with Gasteiger partial charge < -0.3 is 24.1 Å². The predicted octanol–water partition coefficient (Wildman–Crippen LogP) is -0.981. The summed E-state index contributed by atoms with van der Waals surface area (Å²) in [7, 11) is 0. The average molecular weight is 275 g/mol. The Balaban J connectivity index is 1.78. The summed E-state index contributed by atoms with van der Waals surface area (Å²) in [6, 6.07) is 0. The number of aromatic nitrogens is 1. The van der Waals surface area contributed by atoms with Gasteiger partial charge in [0, 0.05) is 11.9 Å². The largest absolute Gasteiger partial charge is 0.550 e. The van der Waals surface area contributed by atoms with Crippen LogP contribution in [-0.2, 0) is 14.3 Å². The molecule has 1 aromatic rings. The van der Waals surface area contributed by atoms with Crippen molar-refractivity contribution in [2.24, 2.45) is 11.8 Å². The molecule has 4 rings (SSSR count). The van der Waals surface area contributed by atoms with Crippen molar-refractivity contribution in [1.29, 1.82) is 0 Å². The van der Waals surface area contributed by atoms with Crippen LogP contribution in [0.4, 0.5) is 5.69 Å². The maximum Gasteiger partial charge on any atom is 0.234 e. The van der Waals surface area contributed by atoms with Crippen LogP contribution >= 0.6 is 0 Å². The van der Waals surface area contributed by atoms with Gasteiger partial charge in [-0.1, -0.05) is 17.3 Å². The first-order valence-electron chi connectivity index (χ1n) is 6.34. The van der Waals surface area contributed by atoms with E-state index in [1.54, 1.807) is 19.1 Å². The van der Waals surface area contributed by atoms with Crippen LogP contribution in [0.5, 0.6) is 0 Å². The standard InChI is InChI=1S/C13H12N2O5/c1-6-7(4-14-20-6)15-5-13-3-2-8(19-13)9(12(17)18)10(13)11(15)16/h2-4,8-10H,5H2,1H3,(H,17,18)/p-1/t8-,9+,10+,13-/m1/s1. The lowest BCUT2D eigenvalue weighted by Crippen LogP contribution is -2.45. The van der Waals surface area contributed by atoms with E-state index in [-0.39, 0.29) is 12.5 Å². The van der Waals surface area contributed by atoms with Gasteiger partial charge in [0.05, 0.1) is 24.8 Å². The lowest BCUT2D eigenvalue weighted by atomic mass is 9.77. The number of hydrogen-bond donors (Lipinski definition) is 0. The molecule has 2 fully saturated rings. The van der Waals surface area contributed by atoms with Crippen LogP contribution in [0.2, 0.25) is 0 Å². The number of ether oxygens (including phenoxy) is 1. The summed E-state index contributed by atoms with van der Waals surface area (Å²) in [5.74, 6) is -2.69. The Morgan fingerprint density at radius 1 is 1.60 bits per heavy atom. The fourth-order valence-electron chi connectivity index (χ4n) is 3.52. The van der Waals surface area contributed by atoms with Gasteiger partial charge in [0.1, 0.15) is 11.3 Å². The van der Waals surface area contributed by atoms with Crippen molar-refractivity contribution in [3.8, 4) is 0 Å². The van der Waals surface area contributed by atoms with Crippen molar-refractivity contribution in [1.82, 2.24) is 5.16 Å². The van der Waals surface area contributed by atoms with E-state index in [4.69, 9.17) is 9.26 Å². The number of nitrogens with zero attached hydrogens (tertiary/aromatic N) is 2. The van der Waals surface area contributed by atoms with Crippen molar-refractivity contribution in [3.05, 3.63) is 24.1 Å². The normalized spacial score (nSPS) is 37.8. The second-order valence-corrected chi connectivity index (χ2v) is 5.41. The fraction of sp³-hybridized carbons (Fsp3) is 0.462. The van der Waals surface area contributed by atoms with Gasteiger partial charge >= 0.3 is 0 Å². The third-order valence-corrected chi connectivity index (χ3v) is 4.39. The highest BCUT2D eigenvalue weighted by atomic mass is 16.5. The fourth-order valence-corrected chi connectivity index (χ4v) is 3.52. The maximum atomic E-state index is 12.6. The first-order valence-corrected chi connectivity index (χ1v) is 6.34. The van der Waals surface area contributed by atoms with Crippen LogP contribution in [0.25, 0.3) is 0 Å². The monoisotopic (exact) mass is 275 g/mol. The zero-order valence-electron chi connectivity index (χ0n) is 10.6. The molecule has 20 heavy (non-hydrogen) atoms. The molecule has 4 atom stereocenters. The van der Waals surface area contributed by atoms with Gasteiger partial charge in [0.25, 0.3) is 0 Å². The summed E-state index contributed by atoms with van der Waals surface area (Å²) in [6.45, 7) is 1.97. The van der Waals surface area contributed by atoms with Gasteiger partial charge in [-0.15, -0.1) is 0 Å². The number of anilines is 1. The average Bonchev–Trinajstić information content (AvgIpc) is 3.10. The lowest BCUT2D eigenvalue weighted by molar-refractivity contribution is -0.313. The van der Waals surface area contributed by atoms with Crippen molar-refractivity contribution in [2.45, 2.75) is 18.6 Å². The molecule has 0 N–H and O–H groups in total. The molecule has 1 spiro atoms. The number of carboxylic acid groups (broad SMARTS) is 1. The van der Waals surface area contributed by atoms with E-state index in [0.717, 1.165) is 0 Å². The number of aliphatic carboxylic acids is 1. The number of rotatable bonds is 2. The third-order valence-electron chi connectivity index (χ3n) is 4.39. The molecule has 7 heteroatoms. The summed E-state index contributed by atoms with van der Waals surface area (Å²) in [5, 5.41) is 15.0. The number of amides is 1. The molecule has 0 saturated carbocycles. The third kappa shape index (κ3) is 1.21. The van der Waals surface area contributed by atoms with Crippen molar-refractivity contribution < 1.29 is 24.0 Å². The summed E-state index contributed by atoms with van der Waals surface area (Å²) in [6.07, 6.45) is 4.38. The number of carboxylic acids is 1. The number of carbonyl (C=O) groups is 2. The van der Waals surface area contributed by atoms with E-state index in [1.807, 2.05) is 0 Å². The zero-order chi connectivity index (χ0) is 14.1. The number of aryl methyl sites for hydroxylation is 1. The number of carbonyl (C=O) groups excluding carboxylic acids is 2. The molecule has 104 valence electrons. The molecule has 1 aromatic heterocycles. The van der Waals surface area contributed by atoms with Gasteiger partial charge in [-0.2, -0.15) is 0 Å². The van der Waals surface area contributed by atoms with Crippen LogP contribution in [0.15, 0.2) is 22.9 Å². The summed E-state index contributed by atoms with van der Waals surface area (Å²) < 4.78 is 10.7. The van der Waals surface area contributed by atoms with Crippen molar-refractivity contribution >= 4 is 17.6 Å². The highest BCUT2D eigenvalue weighted by molar-refractivity contribution is 6.02. The molecular formula is C13H11N2O5-. The molecule has 7 nitrogen and oxygen atoms in total. The van der Waals surface area contributed by atoms with Crippen LogP contribution in [-0.4, -0.2) is 35.3 Å². The molecular weight excluding hydrogens is 264 g/mol. The Morgan fingerprint density at radius 2 is 2.40 bits per heavy atom. The summed E-state index contributed by atoms with van der Waals surface area (Å²) >= 11 is 0. The highest BCUT2D eigenvalue weighted by Gasteiger charge is 2.65. The first kappa shape index (κ1) is 11.7. The quantitative estimate of drug-likeness (QED) is 0.644. The van der Waals surface area contributed by atoms with Crippen LogP contribution in [0.3, 0.4) is 0 Å². The maximum absolute atomic E-state index is 12.6. The second-order valence-electron chi connectivity index (χ2n) is 5.41. The van der Waals surface area contributed by atoms with E-state index in [1.165, 1.54) is 11.1 Å². The predicted molar refractivity (Wildman–Crippen MR) is 62.3 cm³/mol. The minimum absolute atomic E-state index is 0.273. The summed E-state index contributed by atoms with van der Waals surface area (Å²) in [4.78, 5) is 25.4. The Labute approximate surface area is 113 Å². The molecule has 0 aliphatic carbocycles. The topological polar surface area (TPSA) is 95.7 Å². The highest BCUT2D eigenvalue weighted by Crippen LogP contribution is 2.52. The molecule has 3 aliphatic rings. The molecule has 4 heterocycles. The van der Waals surface area contributed by atoms with Gasteiger partial charge in [-0.05, 0) is 6.92 Å². The Kier molecular flexibility index (Phi) is 2.03. The smallest absolute Gasteiger partial charge is 0.234 e. The number of fused-ring (bicyclic) bond motifs is 1. The van der Waals surface area contributed by atoms with Gasteiger partial charge in [0.2, 0.25) is 5.91 Å². The summed E-state index contributed by atoms with van der Waals surface area (Å²) in [5.41, 5.74) is -0.313. The second kappa shape index (κ2) is 3.49. The van der Waals surface area contributed by atoms with Crippen molar-refractivity contribution in [3.63, 3.8) is 0 Å². The van der Waals surface area contributed by atoms with E-state index in [9.17, 15) is 14.7 Å². The van der Waals surface area contributed by atoms with E-state index in [0.29, 0.717) is 11.4 Å². The van der Waals surface area contributed by atoms with Crippen LogP contribution in [0, 0.1) is 18.8 Å². The minimum Gasteiger partial charge on any atom is -0.550 e. The SMILES string of the molecule is Cc1oncc1N1C[C@@]23C=C[C@@H](O2)[C@H](C(=O)[O-])[C@H]3C1=O. The molecule has 2 saturated heterocycles. The number of hydrogen-bond acceptors (Lipinski definition) is 6. The Morgan fingerprint density at radius 3 is 3.05 bits per heavy atom. The molecule has 0 radical (unpaired) electrons. The molecule has 0 aromatic carbocycles. The van der Waals surface area contributed by atoms with Gasteiger partial charge in [-0.25, -0.2) is 0 Å². The lowest BCUT2D eigenvalue weighted by Gasteiger charge is -2.24. The minimum atomic E-state index is -1.25. The molecule has 1 amide bonds. The first-order chi connectivity index (χ1) is 9.53. The Bertz CT molecular complexity index is 651. The Hall–Kier alpha value is -2.15. The van der Waals surface area contributed by atoms with E-state index < -0.39 is 29.5 Å². The van der Waals surface area contributed by atoms with E-state index in [2.05, 4.69) is 5.16 Å².